The zero-order valence-corrected chi connectivity index (χ0v) is 10.1. The van der Waals surface area contributed by atoms with Gasteiger partial charge in [0.15, 0.2) is 0 Å². The van der Waals surface area contributed by atoms with Gasteiger partial charge in [-0.25, -0.2) is 8.78 Å². The summed E-state index contributed by atoms with van der Waals surface area (Å²) >= 11 is 0. The van der Waals surface area contributed by atoms with E-state index in [0.29, 0.717) is 11.3 Å². The van der Waals surface area contributed by atoms with Crippen molar-refractivity contribution in [3.63, 3.8) is 0 Å². The summed E-state index contributed by atoms with van der Waals surface area (Å²) in [6.45, 7) is -0.212. The third kappa shape index (κ3) is 4.70. The maximum absolute atomic E-state index is 11.9. The van der Waals surface area contributed by atoms with Gasteiger partial charge in [0.25, 0.3) is 6.43 Å². The number of halogens is 2. The van der Waals surface area contributed by atoms with E-state index in [2.05, 4.69) is 11.8 Å². The standard InChI is InChI=1S/C13H15F2NO2/c1-17-12-5-4-10(8-18-9-13(14)15)7-11(12)3-2-6-16/h4-5,7,13H,6,8-9,16H2,1H3. The van der Waals surface area contributed by atoms with Crippen LogP contribution in [0.5, 0.6) is 5.75 Å². The Balaban J connectivity index is 2.76. The van der Waals surface area contributed by atoms with Crippen molar-refractivity contribution in [2.75, 3.05) is 20.3 Å². The van der Waals surface area contributed by atoms with Gasteiger partial charge in [0, 0.05) is 0 Å². The lowest BCUT2D eigenvalue weighted by Gasteiger charge is -2.07. The summed E-state index contributed by atoms with van der Waals surface area (Å²) in [5, 5.41) is 0. The molecule has 98 valence electrons. The summed E-state index contributed by atoms with van der Waals surface area (Å²) < 4.78 is 33.8. The number of alkyl halides is 2. The molecule has 0 unspecified atom stereocenters. The summed E-state index contributed by atoms with van der Waals surface area (Å²) in [6.07, 6.45) is -2.46. The molecule has 0 fully saturated rings. The molecule has 18 heavy (non-hydrogen) atoms. The monoisotopic (exact) mass is 255 g/mol. The average Bonchev–Trinajstić information content (AvgIpc) is 2.36. The second kappa shape index (κ2) is 7.64. The predicted molar refractivity (Wildman–Crippen MR) is 64.6 cm³/mol. The maximum atomic E-state index is 11.9. The molecule has 0 aromatic heterocycles. The van der Waals surface area contributed by atoms with Crippen LogP contribution in [0.25, 0.3) is 0 Å². The van der Waals surface area contributed by atoms with Crippen molar-refractivity contribution in [2.45, 2.75) is 13.0 Å². The highest BCUT2D eigenvalue weighted by Gasteiger charge is 2.05. The first-order chi connectivity index (χ1) is 8.67. The highest BCUT2D eigenvalue weighted by atomic mass is 19.3. The molecule has 1 aromatic carbocycles. The first kappa shape index (κ1) is 14.4. The molecule has 1 aromatic rings. The minimum absolute atomic E-state index is 0.117. The van der Waals surface area contributed by atoms with Crippen molar-refractivity contribution < 1.29 is 18.3 Å². The molecule has 2 N–H and O–H groups in total. The highest BCUT2D eigenvalue weighted by molar-refractivity contribution is 5.48. The number of benzene rings is 1. The number of hydrogen-bond acceptors (Lipinski definition) is 3. The van der Waals surface area contributed by atoms with Crippen molar-refractivity contribution in [2.24, 2.45) is 5.73 Å². The Morgan fingerprint density at radius 1 is 1.39 bits per heavy atom. The second-order valence-corrected chi connectivity index (χ2v) is 3.45. The Kier molecular flexibility index (Phi) is 6.12. The predicted octanol–water partition coefficient (Wildman–Crippen LogP) is 1.79. The Hall–Kier alpha value is -1.64. The minimum Gasteiger partial charge on any atom is -0.495 e. The average molecular weight is 255 g/mol. The van der Waals surface area contributed by atoms with E-state index in [1.54, 1.807) is 18.2 Å². The molecule has 0 aliphatic carbocycles. The first-order valence-electron chi connectivity index (χ1n) is 5.39. The van der Waals surface area contributed by atoms with Gasteiger partial charge in [0.05, 0.1) is 25.8 Å². The fourth-order valence-electron chi connectivity index (χ4n) is 1.35. The quantitative estimate of drug-likeness (QED) is 0.816. The van der Waals surface area contributed by atoms with Crippen LogP contribution in [0, 0.1) is 11.8 Å². The van der Waals surface area contributed by atoms with Gasteiger partial charge in [-0.1, -0.05) is 17.9 Å². The van der Waals surface area contributed by atoms with Crippen LogP contribution in [0.4, 0.5) is 8.78 Å². The van der Waals surface area contributed by atoms with E-state index in [0.717, 1.165) is 5.56 Å². The third-order valence-corrected chi connectivity index (χ3v) is 2.10. The third-order valence-electron chi connectivity index (χ3n) is 2.10. The van der Waals surface area contributed by atoms with Gasteiger partial charge in [-0.2, -0.15) is 0 Å². The van der Waals surface area contributed by atoms with Crippen molar-refractivity contribution in [1.82, 2.24) is 0 Å². The zero-order chi connectivity index (χ0) is 13.4. The van der Waals surface area contributed by atoms with Gasteiger partial charge in [-0.15, -0.1) is 0 Å². The zero-order valence-electron chi connectivity index (χ0n) is 10.1. The molecular formula is C13H15F2NO2. The second-order valence-electron chi connectivity index (χ2n) is 3.45. The van der Waals surface area contributed by atoms with E-state index in [1.807, 2.05) is 0 Å². The Bertz CT molecular complexity index is 438. The van der Waals surface area contributed by atoms with Gasteiger partial charge in [0.2, 0.25) is 0 Å². The van der Waals surface area contributed by atoms with Gasteiger partial charge >= 0.3 is 0 Å². The number of rotatable bonds is 5. The molecular weight excluding hydrogens is 240 g/mol. The Morgan fingerprint density at radius 2 is 2.17 bits per heavy atom. The van der Waals surface area contributed by atoms with Crippen LogP contribution >= 0.6 is 0 Å². The number of ether oxygens (including phenoxy) is 2. The highest BCUT2D eigenvalue weighted by Crippen LogP contribution is 2.19. The van der Waals surface area contributed by atoms with E-state index in [9.17, 15) is 8.78 Å². The van der Waals surface area contributed by atoms with E-state index in [4.69, 9.17) is 15.2 Å². The summed E-state index contributed by atoms with van der Waals surface area (Å²) in [7, 11) is 1.54. The number of hydrogen-bond donors (Lipinski definition) is 1. The van der Waals surface area contributed by atoms with Crippen molar-refractivity contribution in [3.05, 3.63) is 29.3 Å². The summed E-state index contributed by atoms with van der Waals surface area (Å²) in [5.74, 6) is 6.20. The molecule has 0 radical (unpaired) electrons. The van der Waals surface area contributed by atoms with Crippen LogP contribution in [0.3, 0.4) is 0 Å². The fourth-order valence-corrected chi connectivity index (χ4v) is 1.35. The minimum atomic E-state index is -2.46. The van der Waals surface area contributed by atoms with E-state index in [-0.39, 0.29) is 13.2 Å². The van der Waals surface area contributed by atoms with Gasteiger partial charge < -0.3 is 15.2 Å². The summed E-state index contributed by atoms with van der Waals surface area (Å²) in [5.41, 5.74) is 6.73. The molecule has 0 aliphatic rings. The van der Waals surface area contributed by atoms with Gasteiger partial charge in [-0.05, 0) is 17.7 Å². The van der Waals surface area contributed by atoms with Gasteiger partial charge in [-0.3, -0.25) is 0 Å². The molecule has 0 aliphatic heterocycles. The van der Waals surface area contributed by atoms with Crippen LogP contribution in [-0.2, 0) is 11.3 Å². The molecule has 5 heteroatoms. The smallest absolute Gasteiger partial charge is 0.261 e. The molecule has 3 nitrogen and oxygen atoms in total. The molecule has 0 amide bonds. The van der Waals surface area contributed by atoms with Crippen LogP contribution in [-0.4, -0.2) is 26.7 Å². The first-order valence-corrected chi connectivity index (χ1v) is 5.39. The maximum Gasteiger partial charge on any atom is 0.261 e. The molecule has 0 atom stereocenters. The van der Waals surface area contributed by atoms with Crippen LogP contribution < -0.4 is 10.5 Å². The normalized spacial score (nSPS) is 10.1. The van der Waals surface area contributed by atoms with Gasteiger partial charge in [0.1, 0.15) is 12.4 Å². The molecule has 1 rings (SSSR count). The number of nitrogens with two attached hydrogens (primary N) is 1. The SMILES string of the molecule is COc1ccc(COCC(F)F)cc1C#CCN. The lowest BCUT2D eigenvalue weighted by atomic mass is 10.1. The molecule has 0 bridgehead atoms. The van der Waals surface area contributed by atoms with Crippen molar-refractivity contribution >= 4 is 0 Å². The van der Waals surface area contributed by atoms with Crippen molar-refractivity contribution in [3.8, 4) is 17.6 Å². The topological polar surface area (TPSA) is 44.5 Å². The lowest BCUT2D eigenvalue weighted by molar-refractivity contribution is 0.00986. The summed E-state index contributed by atoms with van der Waals surface area (Å²) in [4.78, 5) is 0. The molecule has 0 saturated carbocycles. The molecule has 0 spiro atoms. The van der Waals surface area contributed by atoms with E-state index in [1.165, 1.54) is 7.11 Å². The summed E-state index contributed by atoms with van der Waals surface area (Å²) in [6, 6.07) is 5.21. The van der Waals surface area contributed by atoms with E-state index >= 15 is 0 Å². The van der Waals surface area contributed by atoms with Crippen LogP contribution in [0.15, 0.2) is 18.2 Å². The number of methoxy groups -OCH3 is 1. The lowest BCUT2D eigenvalue weighted by Crippen LogP contribution is -2.04. The molecule has 0 saturated heterocycles. The van der Waals surface area contributed by atoms with Crippen LogP contribution in [0.2, 0.25) is 0 Å². The fraction of sp³-hybridized carbons (Fsp3) is 0.385. The van der Waals surface area contributed by atoms with Crippen LogP contribution in [0.1, 0.15) is 11.1 Å². The molecule has 0 heterocycles. The Labute approximate surface area is 105 Å². The van der Waals surface area contributed by atoms with Crippen molar-refractivity contribution in [1.29, 1.82) is 0 Å². The Morgan fingerprint density at radius 3 is 2.78 bits per heavy atom. The largest absolute Gasteiger partial charge is 0.495 e. The van der Waals surface area contributed by atoms with E-state index < -0.39 is 13.0 Å².